The molecule has 0 radical (unpaired) electrons. The Bertz CT molecular complexity index is 1130. The van der Waals surface area contributed by atoms with Crippen LogP contribution < -0.4 is 0 Å². The fourth-order valence-corrected chi connectivity index (χ4v) is 5.23. The predicted octanol–water partition coefficient (Wildman–Crippen LogP) is 3.59. The number of hydrogen-bond acceptors (Lipinski definition) is 9. The van der Waals surface area contributed by atoms with Gasteiger partial charge in [-0.2, -0.15) is 0 Å². The van der Waals surface area contributed by atoms with E-state index in [-0.39, 0.29) is 23.3 Å². The van der Waals surface area contributed by atoms with E-state index in [1.54, 1.807) is 26.0 Å². The molecule has 0 amide bonds. The lowest BCUT2D eigenvalue weighted by Gasteiger charge is -2.38. The summed E-state index contributed by atoms with van der Waals surface area (Å²) in [6, 6.07) is 5.96. The monoisotopic (exact) mass is 526 g/mol. The summed E-state index contributed by atoms with van der Waals surface area (Å²) in [6.07, 6.45) is 1.91. The molecule has 0 spiro atoms. The first-order valence-electron chi connectivity index (χ1n) is 12.8. The Morgan fingerprint density at radius 1 is 1.21 bits per heavy atom. The number of benzene rings is 1. The second-order valence-electron chi connectivity index (χ2n) is 10.7. The minimum absolute atomic E-state index is 0.133. The standard InChI is InChI=1S/C28H38N4O6/c1-7-11-30-12-14-31(15-13-30)17-28(4,5)18-38-27(34)24-20(3)29-19(2)23(26(33)37-6)25(24)21-9-8-10-22(16-21)32(35)36/h7-10,16,23,25H,1,11-15,17-18H2,2-6H3. The third kappa shape index (κ3) is 6.93. The van der Waals surface area contributed by atoms with Crippen molar-refractivity contribution in [1.29, 1.82) is 0 Å². The minimum atomic E-state index is -0.909. The van der Waals surface area contributed by atoms with Crippen molar-refractivity contribution >= 4 is 23.3 Å². The Balaban J connectivity index is 1.82. The van der Waals surface area contributed by atoms with Crippen LogP contribution >= 0.6 is 0 Å². The molecule has 2 unspecified atom stereocenters. The molecule has 0 aliphatic carbocycles. The summed E-state index contributed by atoms with van der Waals surface area (Å²) in [5.74, 6) is -2.90. The van der Waals surface area contributed by atoms with Crippen molar-refractivity contribution in [2.24, 2.45) is 16.3 Å². The molecule has 0 N–H and O–H groups in total. The summed E-state index contributed by atoms with van der Waals surface area (Å²) >= 11 is 0. The second-order valence-corrected chi connectivity index (χ2v) is 10.7. The van der Waals surface area contributed by atoms with E-state index < -0.39 is 28.7 Å². The highest BCUT2D eigenvalue weighted by atomic mass is 16.6. The van der Waals surface area contributed by atoms with Crippen LogP contribution in [0.3, 0.4) is 0 Å². The number of esters is 2. The number of carbonyl (C=O) groups excluding carboxylic acids is 2. The van der Waals surface area contributed by atoms with E-state index in [0.29, 0.717) is 17.0 Å². The van der Waals surface area contributed by atoms with Crippen LogP contribution in [-0.4, -0.2) is 85.4 Å². The maximum atomic E-state index is 13.6. The number of methoxy groups -OCH3 is 1. The molecule has 3 rings (SSSR count). The first-order chi connectivity index (χ1) is 18.0. The van der Waals surface area contributed by atoms with Crippen LogP contribution in [0.1, 0.15) is 39.2 Å². The van der Waals surface area contributed by atoms with Gasteiger partial charge in [-0.25, -0.2) is 4.79 Å². The Morgan fingerprint density at radius 3 is 2.47 bits per heavy atom. The number of hydrogen-bond donors (Lipinski definition) is 0. The molecule has 2 atom stereocenters. The predicted molar refractivity (Wildman–Crippen MR) is 145 cm³/mol. The van der Waals surface area contributed by atoms with E-state index >= 15 is 0 Å². The summed E-state index contributed by atoms with van der Waals surface area (Å²) in [7, 11) is 1.27. The van der Waals surface area contributed by atoms with Gasteiger partial charge in [0.15, 0.2) is 0 Å². The van der Waals surface area contributed by atoms with Gasteiger partial charge in [0, 0.05) is 74.1 Å². The van der Waals surface area contributed by atoms with Crippen LogP contribution in [0.25, 0.3) is 0 Å². The number of piperazine rings is 1. The summed E-state index contributed by atoms with van der Waals surface area (Å²) < 4.78 is 10.9. The maximum absolute atomic E-state index is 13.6. The van der Waals surface area contributed by atoms with Crippen LogP contribution in [0.2, 0.25) is 0 Å². The van der Waals surface area contributed by atoms with Crippen LogP contribution in [-0.2, 0) is 19.1 Å². The number of nitrogens with zero attached hydrogens (tertiary/aromatic N) is 4. The summed E-state index contributed by atoms with van der Waals surface area (Å²) in [5.41, 5.74) is 1.10. The molecule has 0 aromatic heterocycles. The number of rotatable bonds is 10. The van der Waals surface area contributed by atoms with Crippen molar-refractivity contribution in [2.75, 3.05) is 53.0 Å². The van der Waals surface area contributed by atoms with Crippen molar-refractivity contribution in [3.63, 3.8) is 0 Å². The van der Waals surface area contributed by atoms with Gasteiger partial charge < -0.3 is 14.4 Å². The Hall–Kier alpha value is -3.37. The van der Waals surface area contributed by atoms with Crippen LogP contribution in [0.4, 0.5) is 5.69 Å². The van der Waals surface area contributed by atoms with Crippen molar-refractivity contribution < 1.29 is 24.0 Å². The molecule has 1 aromatic rings. The molecule has 1 saturated heterocycles. The van der Waals surface area contributed by atoms with Gasteiger partial charge in [0.1, 0.15) is 5.92 Å². The fourth-order valence-electron chi connectivity index (χ4n) is 5.23. The van der Waals surface area contributed by atoms with E-state index in [0.717, 1.165) is 39.3 Å². The molecule has 0 bridgehead atoms. The van der Waals surface area contributed by atoms with E-state index in [9.17, 15) is 19.7 Å². The van der Waals surface area contributed by atoms with Crippen molar-refractivity contribution in [1.82, 2.24) is 9.80 Å². The van der Waals surface area contributed by atoms with E-state index in [1.807, 2.05) is 6.08 Å². The lowest BCUT2D eigenvalue weighted by atomic mass is 9.75. The molecule has 206 valence electrons. The zero-order valence-electron chi connectivity index (χ0n) is 22.9. The first kappa shape index (κ1) is 29.2. The van der Waals surface area contributed by atoms with E-state index in [4.69, 9.17) is 9.47 Å². The Morgan fingerprint density at radius 2 is 1.87 bits per heavy atom. The van der Waals surface area contributed by atoms with Gasteiger partial charge in [0.2, 0.25) is 0 Å². The molecule has 1 fully saturated rings. The number of carbonyl (C=O) groups is 2. The third-order valence-electron chi connectivity index (χ3n) is 7.04. The van der Waals surface area contributed by atoms with Gasteiger partial charge in [0.25, 0.3) is 5.69 Å². The number of aliphatic imine (C=N–C) groups is 1. The average molecular weight is 527 g/mol. The SMILES string of the molecule is C=CCN1CCN(CC(C)(C)COC(=O)C2=C(C)N=C(C)C(C(=O)OC)C2c2cccc([N+](=O)[O-])c2)CC1. The van der Waals surface area contributed by atoms with Crippen molar-refractivity contribution in [3.05, 3.63) is 63.9 Å². The highest BCUT2D eigenvalue weighted by Gasteiger charge is 2.43. The molecular weight excluding hydrogens is 488 g/mol. The molecule has 2 aliphatic heterocycles. The van der Waals surface area contributed by atoms with Crippen LogP contribution in [0.15, 0.2) is 53.2 Å². The normalized spacial score (nSPS) is 21.0. The summed E-state index contributed by atoms with van der Waals surface area (Å²) in [4.78, 5) is 46.5. The van der Waals surface area contributed by atoms with E-state index in [2.05, 4.69) is 35.2 Å². The Labute approximate surface area is 224 Å². The van der Waals surface area contributed by atoms with Gasteiger partial charge in [-0.05, 0) is 19.4 Å². The van der Waals surface area contributed by atoms with Gasteiger partial charge in [-0.15, -0.1) is 6.58 Å². The lowest BCUT2D eigenvalue weighted by Crippen LogP contribution is -2.49. The highest BCUT2D eigenvalue weighted by Crippen LogP contribution is 2.41. The zero-order valence-corrected chi connectivity index (χ0v) is 22.9. The molecule has 38 heavy (non-hydrogen) atoms. The molecule has 2 heterocycles. The zero-order chi connectivity index (χ0) is 28.0. The Kier molecular flexibility index (Phi) is 9.56. The summed E-state index contributed by atoms with van der Waals surface area (Å²) in [6.45, 7) is 16.9. The highest BCUT2D eigenvalue weighted by molar-refractivity contribution is 6.07. The summed E-state index contributed by atoms with van der Waals surface area (Å²) in [5, 5.41) is 11.5. The number of nitro groups is 1. The maximum Gasteiger partial charge on any atom is 0.336 e. The molecule has 10 heteroatoms. The van der Waals surface area contributed by atoms with Gasteiger partial charge >= 0.3 is 11.9 Å². The first-order valence-corrected chi connectivity index (χ1v) is 12.8. The number of non-ortho nitro benzene ring substituents is 1. The number of ether oxygens (including phenoxy) is 2. The number of allylic oxidation sites excluding steroid dienone is 1. The van der Waals surface area contributed by atoms with Crippen molar-refractivity contribution in [3.8, 4) is 0 Å². The topological polar surface area (TPSA) is 115 Å². The average Bonchev–Trinajstić information content (AvgIpc) is 2.87. The fraction of sp³-hybridized carbons (Fsp3) is 0.536. The smallest absolute Gasteiger partial charge is 0.336 e. The number of nitro benzene ring substituents is 1. The molecule has 10 nitrogen and oxygen atoms in total. The molecule has 1 aromatic carbocycles. The van der Waals surface area contributed by atoms with E-state index in [1.165, 1.54) is 19.2 Å². The van der Waals surface area contributed by atoms with Crippen LogP contribution in [0, 0.1) is 21.4 Å². The quantitative estimate of drug-likeness (QED) is 0.197. The largest absolute Gasteiger partial charge is 0.468 e. The molecular formula is C28H38N4O6. The molecule has 2 aliphatic rings. The van der Waals surface area contributed by atoms with Gasteiger partial charge in [-0.3, -0.25) is 24.8 Å². The minimum Gasteiger partial charge on any atom is -0.468 e. The molecule has 0 saturated carbocycles. The third-order valence-corrected chi connectivity index (χ3v) is 7.04. The van der Waals surface area contributed by atoms with Gasteiger partial charge in [0.05, 0.1) is 24.2 Å². The van der Waals surface area contributed by atoms with Crippen molar-refractivity contribution in [2.45, 2.75) is 33.6 Å². The van der Waals surface area contributed by atoms with Gasteiger partial charge in [-0.1, -0.05) is 32.1 Å². The van der Waals surface area contributed by atoms with Crippen LogP contribution in [0.5, 0.6) is 0 Å². The lowest BCUT2D eigenvalue weighted by molar-refractivity contribution is -0.384. The second kappa shape index (κ2) is 12.4.